The fraction of sp³-hybridized carbons (Fsp3) is 0.263. The maximum Gasteiger partial charge on any atom is 0.340 e. The summed E-state index contributed by atoms with van der Waals surface area (Å²) in [6.45, 7) is 4.02. The number of ether oxygens (including phenoxy) is 1. The first-order valence-corrected chi connectivity index (χ1v) is 8.14. The molecule has 0 unspecified atom stereocenters. The zero-order valence-electron chi connectivity index (χ0n) is 13.7. The summed E-state index contributed by atoms with van der Waals surface area (Å²) in [5.41, 5.74) is 6.73. The summed E-state index contributed by atoms with van der Waals surface area (Å²) in [5.74, 6) is -0.376. The van der Waals surface area contributed by atoms with Gasteiger partial charge >= 0.3 is 5.97 Å². The Labute approximate surface area is 139 Å². The molecule has 2 aromatic rings. The molecule has 5 nitrogen and oxygen atoms in total. The fourth-order valence-corrected chi connectivity index (χ4v) is 3.71. The second kappa shape index (κ2) is 5.37. The number of carbonyl (C=O) groups is 2. The van der Waals surface area contributed by atoms with Crippen LogP contribution < -0.4 is 5.32 Å². The Morgan fingerprint density at radius 1 is 1.25 bits per heavy atom. The molecule has 1 aromatic heterocycles. The lowest BCUT2D eigenvalue weighted by molar-refractivity contribution is -0.110. The number of carbonyl (C=O) groups excluding carboxylic acids is 2. The molecule has 122 valence electrons. The second-order valence-electron chi connectivity index (χ2n) is 6.05. The van der Waals surface area contributed by atoms with E-state index in [0.29, 0.717) is 17.7 Å². The third-order valence-electron chi connectivity index (χ3n) is 4.67. The average molecular weight is 322 g/mol. The van der Waals surface area contributed by atoms with Crippen molar-refractivity contribution in [3.05, 3.63) is 52.3 Å². The highest BCUT2D eigenvalue weighted by Gasteiger charge is 2.34. The summed E-state index contributed by atoms with van der Waals surface area (Å²) in [6, 6.07) is 7.69. The van der Waals surface area contributed by atoms with E-state index < -0.39 is 0 Å². The quantitative estimate of drug-likeness (QED) is 0.658. The highest BCUT2D eigenvalue weighted by Crippen LogP contribution is 2.44. The zero-order valence-corrected chi connectivity index (χ0v) is 13.7. The number of aromatic amines is 1. The number of benzene rings is 1. The molecule has 0 atom stereocenters. The number of hydrogen-bond acceptors (Lipinski definition) is 3. The number of fused-ring (bicyclic) bond motifs is 2. The van der Waals surface area contributed by atoms with Gasteiger partial charge in [-0.05, 0) is 43.9 Å². The molecule has 5 heteroatoms. The van der Waals surface area contributed by atoms with Gasteiger partial charge in [0.05, 0.1) is 17.7 Å². The van der Waals surface area contributed by atoms with Crippen molar-refractivity contribution in [2.75, 3.05) is 11.9 Å². The Bertz CT molecular complexity index is 905. The lowest BCUT2D eigenvalue weighted by Gasteiger charge is -2.04. The number of H-pyrrole nitrogens is 1. The lowest BCUT2D eigenvalue weighted by atomic mass is 9.99. The minimum atomic E-state index is -0.296. The second-order valence-corrected chi connectivity index (χ2v) is 6.05. The van der Waals surface area contributed by atoms with Crippen LogP contribution in [0.4, 0.5) is 5.69 Å². The SMILES string of the molecule is CCOC(=O)c1c(C)[nH]c2c1CC/C2=C1/C(=O)Nc2ccccc21. The number of esters is 1. The number of nitrogens with one attached hydrogen (secondary N) is 2. The summed E-state index contributed by atoms with van der Waals surface area (Å²) >= 11 is 0. The van der Waals surface area contributed by atoms with Crippen LogP contribution in [0.2, 0.25) is 0 Å². The Morgan fingerprint density at radius 2 is 2.04 bits per heavy atom. The van der Waals surface area contributed by atoms with Crippen molar-refractivity contribution in [1.82, 2.24) is 4.98 Å². The van der Waals surface area contributed by atoms with Gasteiger partial charge in [-0.1, -0.05) is 18.2 Å². The number of aryl methyl sites for hydroxylation is 1. The Balaban J connectivity index is 1.88. The molecule has 0 radical (unpaired) electrons. The Morgan fingerprint density at radius 3 is 2.83 bits per heavy atom. The minimum Gasteiger partial charge on any atom is -0.462 e. The van der Waals surface area contributed by atoms with E-state index in [2.05, 4.69) is 10.3 Å². The maximum atomic E-state index is 12.5. The van der Waals surface area contributed by atoms with E-state index in [4.69, 9.17) is 4.74 Å². The van der Waals surface area contributed by atoms with Crippen LogP contribution in [0, 0.1) is 6.92 Å². The van der Waals surface area contributed by atoms with Gasteiger partial charge in [-0.25, -0.2) is 4.79 Å². The lowest BCUT2D eigenvalue weighted by Crippen LogP contribution is -2.07. The van der Waals surface area contributed by atoms with Gasteiger partial charge in [-0.15, -0.1) is 0 Å². The fourth-order valence-electron chi connectivity index (χ4n) is 3.71. The number of para-hydroxylation sites is 1. The molecule has 2 aliphatic rings. The van der Waals surface area contributed by atoms with Crippen LogP contribution in [0.5, 0.6) is 0 Å². The van der Waals surface area contributed by atoms with Crippen molar-refractivity contribution in [2.24, 2.45) is 0 Å². The molecule has 1 amide bonds. The van der Waals surface area contributed by atoms with Crippen LogP contribution in [0.15, 0.2) is 24.3 Å². The number of rotatable bonds is 2. The molecule has 0 saturated heterocycles. The van der Waals surface area contributed by atoms with E-state index in [0.717, 1.165) is 46.6 Å². The highest BCUT2D eigenvalue weighted by atomic mass is 16.5. The summed E-state index contributed by atoms with van der Waals surface area (Å²) in [4.78, 5) is 28.0. The van der Waals surface area contributed by atoms with Gasteiger partial charge in [0.25, 0.3) is 5.91 Å². The van der Waals surface area contributed by atoms with E-state index in [-0.39, 0.29) is 11.9 Å². The standard InChI is InChI=1S/C19H18N2O3/c1-3-24-19(23)15-10(2)20-17-12(15)8-9-13(17)16-11-6-4-5-7-14(11)21-18(16)22/h4-7,20H,3,8-9H2,1-2H3,(H,21,22)/b16-13-. The van der Waals surface area contributed by atoms with Gasteiger partial charge in [0.15, 0.2) is 0 Å². The van der Waals surface area contributed by atoms with Crippen molar-refractivity contribution in [2.45, 2.75) is 26.7 Å². The van der Waals surface area contributed by atoms with Gasteiger partial charge in [0.1, 0.15) is 0 Å². The molecule has 1 aromatic carbocycles. The van der Waals surface area contributed by atoms with E-state index in [1.165, 1.54) is 0 Å². The molecular weight excluding hydrogens is 304 g/mol. The van der Waals surface area contributed by atoms with Crippen LogP contribution in [0.1, 0.15) is 46.2 Å². The molecule has 24 heavy (non-hydrogen) atoms. The average Bonchev–Trinajstić information content (AvgIpc) is 3.17. The number of allylic oxidation sites excluding steroid dienone is 1. The third-order valence-corrected chi connectivity index (χ3v) is 4.67. The molecule has 0 fully saturated rings. The molecular formula is C19H18N2O3. The van der Waals surface area contributed by atoms with Gasteiger partial charge in [-0.2, -0.15) is 0 Å². The zero-order chi connectivity index (χ0) is 16.8. The number of anilines is 1. The van der Waals surface area contributed by atoms with Crippen molar-refractivity contribution in [1.29, 1.82) is 0 Å². The summed E-state index contributed by atoms with van der Waals surface area (Å²) in [5, 5.41) is 2.92. The van der Waals surface area contributed by atoms with Crippen molar-refractivity contribution in [3.8, 4) is 0 Å². The minimum absolute atomic E-state index is 0.0796. The smallest absolute Gasteiger partial charge is 0.340 e. The predicted molar refractivity (Wildman–Crippen MR) is 91.7 cm³/mol. The summed E-state index contributed by atoms with van der Waals surface area (Å²) in [6.07, 6.45) is 1.48. The van der Waals surface area contributed by atoms with Gasteiger partial charge in [-0.3, -0.25) is 4.79 Å². The van der Waals surface area contributed by atoms with Gasteiger partial charge in [0, 0.05) is 22.6 Å². The van der Waals surface area contributed by atoms with Crippen LogP contribution in [-0.2, 0) is 16.0 Å². The highest BCUT2D eigenvalue weighted by molar-refractivity contribution is 6.37. The molecule has 2 heterocycles. The van der Waals surface area contributed by atoms with E-state index in [1.54, 1.807) is 6.92 Å². The monoisotopic (exact) mass is 322 g/mol. The molecule has 2 N–H and O–H groups in total. The Hall–Kier alpha value is -2.82. The first-order chi connectivity index (χ1) is 11.6. The number of aromatic nitrogens is 1. The normalized spacial score (nSPS) is 18.3. The molecule has 0 spiro atoms. The Kier molecular flexibility index (Phi) is 3.30. The predicted octanol–water partition coefficient (Wildman–Crippen LogP) is 3.31. The van der Waals surface area contributed by atoms with E-state index >= 15 is 0 Å². The first kappa shape index (κ1) is 14.8. The first-order valence-electron chi connectivity index (χ1n) is 8.14. The third kappa shape index (κ3) is 2.01. The van der Waals surface area contributed by atoms with Crippen LogP contribution in [0.3, 0.4) is 0 Å². The van der Waals surface area contributed by atoms with Crippen molar-refractivity contribution >= 4 is 28.7 Å². The topological polar surface area (TPSA) is 71.2 Å². The molecule has 0 bridgehead atoms. The molecule has 4 rings (SSSR count). The van der Waals surface area contributed by atoms with Crippen molar-refractivity contribution in [3.63, 3.8) is 0 Å². The van der Waals surface area contributed by atoms with Gasteiger partial charge < -0.3 is 15.0 Å². The van der Waals surface area contributed by atoms with Gasteiger partial charge in [0.2, 0.25) is 0 Å². The number of amides is 1. The van der Waals surface area contributed by atoms with Crippen molar-refractivity contribution < 1.29 is 14.3 Å². The number of hydrogen-bond donors (Lipinski definition) is 2. The molecule has 0 saturated carbocycles. The summed E-state index contributed by atoms with van der Waals surface area (Å²) in [7, 11) is 0. The van der Waals surface area contributed by atoms with E-state index in [9.17, 15) is 9.59 Å². The molecule has 1 aliphatic carbocycles. The van der Waals surface area contributed by atoms with Crippen LogP contribution >= 0.6 is 0 Å². The maximum absolute atomic E-state index is 12.5. The largest absolute Gasteiger partial charge is 0.462 e. The van der Waals surface area contributed by atoms with E-state index in [1.807, 2.05) is 31.2 Å². The molecule has 1 aliphatic heterocycles. The van der Waals surface area contributed by atoms with Crippen LogP contribution in [0.25, 0.3) is 11.1 Å². The summed E-state index contributed by atoms with van der Waals surface area (Å²) < 4.78 is 5.18. The van der Waals surface area contributed by atoms with Crippen LogP contribution in [-0.4, -0.2) is 23.5 Å².